The third-order valence-electron chi connectivity index (χ3n) is 3.17. The van der Waals surface area contributed by atoms with Crippen LogP contribution >= 0.6 is 11.6 Å². The first-order valence-corrected chi connectivity index (χ1v) is 6.68. The molecule has 2 rings (SSSR count). The van der Waals surface area contributed by atoms with Gasteiger partial charge < -0.3 is 5.32 Å². The molecule has 1 N–H and O–H groups in total. The molecule has 2 aromatic carbocycles. The zero-order chi connectivity index (χ0) is 14.5. The van der Waals surface area contributed by atoms with Gasteiger partial charge in [0.25, 0.3) is 0 Å². The topological polar surface area (TPSA) is 35.8 Å². The molecule has 0 saturated heterocycles. The van der Waals surface area contributed by atoms with Gasteiger partial charge in [-0.05, 0) is 54.8 Å². The largest absolute Gasteiger partial charge is 0.360 e. The molecule has 0 aromatic heterocycles. The van der Waals surface area contributed by atoms with E-state index >= 15 is 0 Å². The maximum Gasteiger partial charge on any atom is 0.101 e. The van der Waals surface area contributed by atoms with Crippen LogP contribution in [0.25, 0.3) is 5.57 Å². The van der Waals surface area contributed by atoms with Crippen molar-refractivity contribution in [2.45, 2.75) is 13.8 Å². The number of rotatable bonds is 3. The fraction of sp³-hybridized carbons (Fsp3) is 0.118. The molecule has 0 spiro atoms. The van der Waals surface area contributed by atoms with Crippen LogP contribution in [0.1, 0.15) is 16.7 Å². The minimum absolute atomic E-state index is 0.569. The van der Waals surface area contributed by atoms with Crippen LogP contribution in [0.5, 0.6) is 0 Å². The molecule has 2 aromatic rings. The fourth-order valence-electron chi connectivity index (χ4n) is 1.80. The lowest BCUT2D eigenvalue weighted by atomic mass is 10.1. The zero-order valence-electron chi connectivity index (χ0n) is 11.4. The number of nitrogens with one attached hydrogen (secondary N) is 1. The molecule has 0 amide bonds. The van der Waals surface area contributed by atoms with Crippen molar-refractivity contribution < 1.29 is 0 Å². The zero-order valence-corrected chi connectivity index (χ0v) is 12.2. The van der Waals surface area contributed by atoms with Gasteiger partial charge in [-0.3, -0.25) is 0 Å². The molecule has 0 aliphatic carbocycles. The Morgan fingerprint density at radius 1 is 1.10 bits per heavy atom. The van der Waals surface area contributed by atoms with Crippen LogP contribution in [0, 0.1) is 25.2 Å². The van der Waals surface area contributed by atoms with E-state index in [0.29, 0.717) is 10.6 Å². The summed E-state index contributed by atoms with van der Waals surface area (Å²) < 4.78 is 0. The Hall–Kier alpha value is -2.24. The van der Waals surface area contributed by atoms with E-state index < -0.39 is 0 Å². The summed E-state index contributed by atoms with van der Waals surface area (Å²) in [5.41, 5.74) is 4.84. The van der Waals surface area contributed by atoms with Gasteiger partial charge in [-0.25, -0.2) is 0 Å². The summed E-state index contributed by atoms with van der Waals surface area (Å²) in [5, 5.41) is 13.1. The maximum atomic E-state index is 9.23. The van der Waals surface area contributed by atoms with E-state index in [1.807, 2.05) is 18.2 Å². The average molecular weight is 283 g/mol. The van der Waals surface area contributed by atoms with E-state index in [4.69, 9.17) is 11.6 Å². The second-order valence-electron chi connectivity index (χ2n) is 4.62. The van der Waals surface area contributed by atoms with Crippen LogP contribution in [-0.2, 0) is 0 Å². The summed E-state index contributed by atoms with van der Waals surface area (Å²) in [6.45, 7) is 4.14. The van der Waals surface area contributed by atoms with Gasteiger partial charge in [0.2, 0.25) is 0 Å². The van der Waals surface area contributed by atoms with Crippen molar-refractivity contribution in [2.24, 2.45) is 0 Å². The van der Waals surface area contributed by atoms with E-state index in [9.17, 15) is 5.26 Å². The molecule has 0 unspecified atom stereocenters. The highest BCUT2D eigenvalue weighted by Crippen LogP contribution is 2.19. The molecule has 0 radical (unpaired) electrons. The third kappa shape index (κ3) is 3.40. The summed E-state index contributed by atoms with van der Waals surface area (Å²) in [6.07, 6.45) is 1.72. The molecule has 0 fully saturated rings. The Labute approximate surface area is 124 Å². The van der Waals surface area contributed by atoms with Crippen molar-refractivity contribution in [2.75, 3.05) is 5.32 Å². The summed E-state index contributed by atoms with van der Waals surface area (Å²) in [7, 11) is 0. The van der Waals surface area contributed by atoms with Gasteiger partial charge >= 0.3 is 0 Å². The smallest absolute Gasteiger partial charge is 0.101 e. The van der Waals surface area contributed by atoms with Crippen LogP contribution in [0.4, 0.5) is 5.69 Å². The van der Waals surface area contributed by atoms with Crippen LogP contribution < -0.4 is 5.32 Å². The predicted octanol–water partition coefficient (Wildman–Crippen LogP) is 4.93. The van der Waals surface area contributed by atoms with Crippen LogP contribution in [0.3, 0.4) is 0 Å². The molecule has 0 bridgehead atoms. The second-order valence-corrected chi connectivity index (χ2v) is 5.06. The molecule has 0 aliphatic rings. The van der Waals surface area contributed by atoms with Crippen molar-refractivity contribution in [3.63, 3.8) is 0 Å². The predicted molar refractivity (Wildman–Crippen MR) is 84.6 cm³/mol. The summed E-state index contributed by atoms with van der Waals surface area (Å²) in [5.74, 6) is 0. The normalized spacial score (nSPS) is 11.0. The number of hydrogen-bond donors (Lipinski definition) is 1. The molecule has 100 valence electrons. The van der Waals surface area contributed by atoms with E-state index in [2.05, 4.69) is 37.4 Å². The Bertz CT molecular complexity index is 679. The number of halogens is 1. The van der Waals surface area contributed by atoms with Gasteiger partial charge in [-0.1, -0.05) is 29.8 Å². The fourth-order valence-corrected chi connectivity index (χ4v) is 1.92. The highest BCUT2D eigenvalue weighted by atomic mass is 35.5. The lowest BCUT2D eigenvalue weighted by molar-refractivity contribution is 1.34. The monoisotopic (exact) mass is 282 g/mol. The average Bonchev–Trinajstić information content (AvgIpc) is 2.45. The number of hydrogen-bond acceptors (Lipinski definition) is 2. The molecule has 20 heavy (non-hydrogen) atoms. The summed E-state index contributed by atoms with van der Waals surface area (Å²) in [4.78, 5) is 0. The van der Waals surface area contributed by atoms with E-state index in [1.165, 1.54) is 11.1 Å². The van der Waals surface area contributed by atoms with Crippen molar-refractivity contribution >= 4 is 22.9 Å². The maximum absolute atomic E-state index is 9.23. The molecule has 0 heterocycles. The molecule has 3 heteroatoms. The van der Waals surface area contributed by atoms with Crippen molar-refractivity contribution in [1.82, 2.24) is 0 Å². The first kappa shape index (κ1) is 14.2. The first-order chi connectivity index (χ1) is 9.60. The first-order valence-electron chi connectivity index (χ1n) is 6.30. The second kappa shape index (κ2) is 6.27. The Kier molecular flexibility index (Phi) is 4.45. The molecular formula is C17H15ClN2. The number of aryl methyl sites for hydroxylation is 2. The van der Waals surface area contributed by atoms with Gasteiger partial charge in [0, 0.05) is 16.9 Å². The van der Waals surface area contributed by atoms with Gasteiger partial charge in [0.1, 0.15) is 6.07 Å². The van der Waals surface area contributed by atoms with Crippen molar-refractivity contribution in [3.8, 4) is 6.07 Å². The minimum atomic E-state index is 0.569. The van der Waals surface area contributed by atoms with Gasteiger partial charge in [-0.2, -0.15) is 5.26 Å². The molecule has 2 nitrogen and oxygen atoms in total. The quantitative estimate of drug-likeness (QED) is 0.810. The molecule has 0 saturated carbocycles. The Morgan fingerprint density at radius 2 is 1.80 bits per heavy atom. The lowest BCUT2D eigenvalue weighted by Gasteiger charge is -2.06. The Morgan fingerprint density at radius 3 is 2.40 bits per heavy atom. The van der Waals surface area contributed by atoms with E-state index in [0.717, 1.165) is 11.3 Å². The minimum Gasteiger partial charge on any atom is -0.360 e. The van der Waals surface area contributed by atoms with Crippen molar-refractivity contribution in [3.05, 3.63) is 70.4 Å². The standard InChI is InChI=1S/C17H15ClN2/c1-12-3-8-17(9-13(12)2)20-11-15(10-19)14-4-6-16(18)7-5-14/h3-9,11,20H,1-2H3/b15-11+. The third-order valence-corrected chi connectivity index (χ3v) is 3.42. The number of allylic oxidation sites excluding steroid dienone is 1. The van der Waals surface area contributed by atoms with Gasteiger partial charge in [0.15, 0.2) is 0 Å². The van der Waals surface area contributed by atoms with Gasteiger partial charge in [-0.15, -0.1) is 0 Å². The molecule has 0 atom stereocenters. The SMILES string of the molecule is Cc1ccc(N/C=C(\C#N)c2ccc(Cl)cc2)cc1C. The van der Waals surface area contributed by atoms with Crippen LogP contribution in [-0.4, -0.2) is 0 Å². The highest BCUT2D eigenvalue weighted by Gasteiger charge is 2.01. The number of nitriles is 1. The van der Waals surface area contributed by atoms with Crippen LogP contribution in [0.2, 0.25) is 5.02 Å². The Balaban J connectivity index is 2.21. The lowest BCUT2D eigenvalue weighted by Crippen LogP contribution is -1.92. The van der Waals surface area contributed by atoms with Crippen LogP contribution in [0.15, 0.2) is 48.7 Å². The number of anilines is 1. The van der Waals surface area contributed by atoms with E-state index in [1.54, 1.807) is 18.3 Å². The highest BCUT2D eigenvalue weighted by molar-refractivity contribution is 6.30. The van der Waals surface area contributed by atoms with E-state index in [-0.39, 0.29) is 0 Å². The molecule has 0 aliphatic heterocycles. The number of nitrogens with zero attached hydrogens (tertiary/aromatic N) is 1. The summed E-state index contributed by atoms with van der Waals surface area (Å²) >= 11 is 5.85. The summed E-state index contributed by atoms with van der Waals surface area (Å²) in [6, 6.07) is 15.5. The van der Waals surface area contributed by atoms with Gasteiger partial charge in [0.05, 0.1) is 5.57 Å². The van der Waals surface area contributed by atoms with Crippen molar-refractivity contribution in [1.29, 1.82) is 5.26 Å². The molecular weight excluding hydrogens is 268 g/mol. The number of benzene rings is 2.